The summed E-state index contributed by atoms with van der Waals surface area (Å²) >= 11 is 0. The Morgan fingerprint density at radius 3 is 2.38 bits per heavy atom. The monoisotopic (exact) mass is 479 g/mol. The second kappa shape index (κ2) is 8.47. The van der Waals surface area contributed by atoms with Gasteiger partial charge in [0.15, 0.2) is 6.23 Å². The van der Waals surface area contributed by atoms with Crippen molar-refractivity contribution in [1.82, 2.24) is 9.55 Å². The molecule has 19 heteroatoms. The maximum Gasteiger partial charge on any atom is 0.490 e. The Labute approximate surface area is 161 Å². The summed E-state index contributed by atoms with van der Waals surface area (Å²) in [7, 11) is -16.6. The van der Waals surface area contributed by atoms with Crippen LogP contribution in [0, 0.1) is 0 Å². The quantitative estimate of drug-likeness (QED) is 0.193. The Morgan fingerprint density at radius 2 is 1.83 bits per heavy atom. The van der Waals surface area contributed by atoms with Gasteiger partial charge in [0.1, 0.15) is 18.0 Å². The molecule has 1 saturated heterocycles. The van der Waals surface area contributed by atoms with Gasteiger partial charge in [0.25, 0.3) is 0 Å². The number of phosphoric acid groups is 3. The summed E-state index contributed by atoms with van der Waals surface area (Å²) in [5, 5.41) is 10.2. The average Bonchev–Trinajstić information content (AvgIpc) is 2.78. The van der Waals surface area contributed by atoms with E-state index in [-0.39, 0.29) is 11.4 Å². The smallest absolute Gasteiger partial charge is 0.384 e. The zero-order valence-electron chi connectivity index (χ0n) is 14.1. The third-order valence-corrected chi connectivity index (χ3v) is 7.10. The highest BCUT2D eigenvalue weighted by Crippen LogP contribution is 2.66. The van der Waals surface area contributed by atoms with Crippen LogP contribution in [0.3, 0.4) is 0 Å². The first-order chi connectivity index (χ1) is 13.1. The average molecular weight is 479 g/mol. The minimum Gasteiger partial charge on any atom is -0.384 e. The predicted octanol–water partition coefficient (Wildman–Crippen LogP) is -1.02. The van der Waals surface area contributed by atoms with E-state index in [1.807, 2.05) is 0 Å². The number of nitrogens with zero attached hydrogens (tertiary/aromatic N) is 2. The van der Waals surface area contributed by atoms with E-state index in [1.165, 1.54) is 12.3 Å². The first kappa shape index (κ1) is 24.0. The van der Waals surface area contributed by atoms with Gasteiger partial charge in [-0.3, -0.25) is 9.09 Å². The van der Waals surface area contributed by atoms with Crippen LogP contribution in [-0.2, 0) is 31.6 Å². The van der Waals surface area contributed by atoms with Gasteiger partial charge in [-0.05, 0) is 11.6 Å². The minimum atomic E-state index is -5.67. The number of phosphoric ester groups is 1. The number of nitrogen functional groups attached to an aromatic ring is 1. The summed E-state index contributed by atoms with van der Waals surface area (Å²) in [5.41, 5.74) is 4.41. The van der Waals surface area contributed by atoms with Gasteiger partial charge in [-0.2, -0.15) is 13.6 Å². The maximum atomic E-state index is 11.9. The van der Waals surface area contributed by atoms with E-state index in [9.17, 15) is 28.5 Å². The molecular formula is C10H16N3O13P3. The van der Waals surface area contributed by atoms with Gasteiger partial charge in [-0.1, -0.05) is 6.58 Å². The molecule has 2 rings (SSSR count). The molecule has 164 valence electrons. The molecule has 1 fully saturated rings. The molecule has 1 aromatic rings. The molecule has 16 nitrogen and oxygen atoms in total. The molecule has 0 aromatic carbocycles. The Hall–Kier alpha value is -1.25. The number of rotatable bonds is 8. The number of aliphatic hydroxyl groups is 1. The SMILES string of the molecule is C=C1[C@@H](O)[C@H](n2ccc(N)nc2=O)O[C@@H]1COP(=O)(O)OP(=O)(O)OP(=O)(O)O. The van der Waals surface area contributed by atoms with E-state index in [4.69, 9.17) is 25.2 Å². The van der Waals surface area contributed by atoms with Gasteiger partial charge in [0.05, 0.1) is 6.61 Å². The van der Waals surface area contributed by atoms with E-state index in [0.29, 0.717) is 0 Å². The molecule has 2 unspecified atom stereocenters. The second-order valence-electron chi connectivity index (χ2n) is 5.46. The van der Waals surface area contributed by atoms with Crippen LogP contribution in [0.2, 0.25) is 0 Å². The van der Waals surface area contributed by atoms with Crippen molar-refractivity contribution in [3.8, 4) is 0 Å². The van der Waals surface area contributed by atoms with E-state index in [1.54, 1.807) is 0 Å². The molecule has 0 spiro atoms. The highest BCUT2D eigenvalue weighted by molar-refractivity contribution is 7.66. The first-order valence-corrected chi connectivity index (χ1v) is 11.8. The summed E-state index contributed by atoms with van der Waals surface area (Å²) in [4.78, 5) is 50.7. The summed E-state index contributed by atoms with van der Waals surface area (Å²) in [6, 6.07) is 1.25. The molecule has 5 atom stereocenters. The Bertz CT molecular complexity index is 989. The molecule has 7 N–H and O–H groups in total. The molecule has 1 aromatic heterocycles. The standard InChI is InChI=1S/C10H16N3O13P3/c1-5-6(4-23-28(19,20)26-29(21,22)25-27(16,17)18)24-9(8(5)14)13-3-2-7(11)12-10(13)15/h2-3,6,8-9,14H,1,4H2,(H,19,20)(H,21,22)(H2,11,12,15)(H2,16,17,18)/t6-,8-,9-/m1/s1. The third-order valence-electron chi connectivity index (χ3n) is 3.30. The summed E-state index contributed by atoms with van der Waals surface area (Å²) < 4.78 is 51.3. The summed E-state index contributed by atoms with van der Waals surface area (Å²) in [6.45, 7) is 2.64. The van der Waals surface area contributed by atoms with Gasteiger partial charge in [0.2, 0.25) is 0 Å². The van der Waals surface area contributed by atoms with Crippen molar-refractivity contribution in [2.45, 2.75) is 18.4 Å². The fraction of sp³-hybridized carbons (Fsp3) is 0.400. The van der Waals surface area contributed by atoms with Crippen LogP contribution >= 0.6 is 23.5 Å². The first-order valence-electron chi connectivity index (χ1n) is 7.25. The van der Waals surface area contributed by atoms with E-state index in [2.05, 4.69) is 24.7 Å². The molecule has 0 bridgehead atoms. The number of nitrogens with two attached hydrogens (primary N) is 1. The zero-order valence-corrected chi connectivity index (χ0v) is 16.8. The molecule has 29 heavy (non-hydrogen) atoms. The predicted molar refractivity (Wildman–Crippen MR) is 91.8 cm³/mol. The number of ether oxygens (including phenoxy) is 1. The van der Waals surface area contributed by atoms with Crippen molar-refractivity contribution in [3.05, 3.63) is 34.9 Å². The Morgan fingerprint density at radius 1 is 1.21 bits per heavy atom. The molecule has 1 aliphatic rings. The number of hydrogen-bond donors (Lipinski definition) is 6. The lowest BCUT2D eigenvalue weighted by atomic mass is 10.1. The third kappa shape index (κ3) is 6.62. The lowest BCUT2D eigenvalue weighted by Gasteiger charge is -2.18. The van der Waals surface area contributed by atoms with Gasteiger partial charge >= 0.3 is 29.2 Å². The fourth-order valence-electron chi connectivity index (χ4n) is 2.15. The van der Waals surface area contributed by atoms with Gasteiger partial charge in [-0.25, -0.2) is 18.5 Å². The topological polar surface area (TPSA) is 250 Å². The molecular weight excluding hydrogens is 463 g/mol. The van der Waals surface area contributed by atoms with Crippen LogP contribution in [0.5, 0.6) is 0 Å². The van der Waals surface area contributed by atoms with Gasteiger partial charge < -0.3 is 35.2 Å². The van der Waals surface area contributed by atoms with Crippen LogP contribution in [-0.4, -0.2) is 53.0 Å². The largest absolute Gasteiger partial charge is 0.490 e. The van der Waals surface area contributed by atoms with Crippen molar-refractivity contribution in [1.29, 1.82) is 0 Å². The summed E-state index contributed by atoms with van der Waals surface area (Å²) in [5.74, 6) is -0.0817. The number of hydrogen-bond acceptors (Lipinski definition) is 11. The highest BCUT2D eigenvalue weighted by atomic mass is 31.3. The van der Waals surface area contributed by atoms with E-state index in [0.717, 1.165) is 4.57 Å². The van der Waals surface area contributed by atoms with Crippen molar-refractivity contribution >= 4 is 29.3 Å². The van der Waals surface area contributed by atoms with Crippen molar-refractivity contribution in [2.24, 2.45) is 0 Å². The van der Waals surface area contributed by atoms with Gasteiger partial charge in [-0.15, -0.1) is 0 Å². The Kier molecular flexibility index (Phi) is 7.02. The lowest BCUT2D eigenvalue weighted by Crippen LogP contribution is -2.32. The molecule has 2 heterocycles. The molecule has 0 saturated carbocycles. The summed E-state index contributed by atoms with van der Waals surface area (Å²) in [6.07, 6.45) is -2.91. The molecule has 0 aliphatic carbocycles. The molecule has 1 aliphatic heterocycles. The Balaban J connectivity index is 2.06. The molecule has 0 amide bonds. The second-order valence-corrected chi connectivity index (χ2v) is 9.88. The highest BCUT2D eigenvalue weighted by Gasteiger charge is 2.43. The minimum absolute atomic E-state index is 0.0817. The van der Waals surface area contributed by atoms with Crippen LogP contribution in [0.25, 0.3) is 0 Å². The normalized spacial score (nSPS) is 26.8. The fourth-order valence-corrected chi connectivity index (χ4v) is 5.17. The van der Waals surface area contributed by atoms with E-state index < -0.39 is 54.2 Å². The number of aromatic nitrogens is 2. The number of aliphatic hydroxyl groups excluding tert-OH is 1. The van der Waals surface area contributed by atoms with Crippen molar-refractivity contribution < 1.29 is 56.3 Å². The lowest BCUT2D eigenvalue weighted by molar-refractivity contribution is -0.0521. The van der Waals surface area contributed by atoms with Crippen molar-refractivity contribution in [2.75, 3.05) is 12.3 Å². The maximum absolute atomic E-state index is 11.9. The van der Waals surface area contributed by atoms with Crippen LogP contribution in [0.15, 0.2) is 29.2 Å². The van der Waals surface area contributed by atoms with Crippen LogP contribution in [0.1, 0.15) is 6.23 Å². The van der Waals surface area contributed by atoms with Gasteiger partial charge in [0, 0.05) is 6.20 Å². The zero-order chi connectivity index (χ0) is 22.2. The van der Waals surface area contributed by atoms with Crippen LogP contribution in [0.4, 0.5) is 5.82 Å². The van der Waals surface area contributed by atoms with E-state index >= 15 is 0 Å². The van der Waals surface area contributed by atoms with Crippen LogP contribution < -0.4 is 11.4 Å². The number of anilines is 1. The molecule has 0 radical (unpaired) electrons. The van der Waals surface area contributed by atoms with Crippen molar-refractivity contribution in [3.63, 3.8) is 0 Å².